The number of nitrogens with zero attached hydrogens (tertiary/aromatic N) is 3. The van der Waals surface area contributed by atoms with Gasteiger partial charge in [-0.05, 0) is 43.2 Å². The van der Waals surface area contributed by atoms with Gasteiger partial charge in [0.1, 0.15) is 11.4 Å². The Morgan fingerprint density at radius 1 is 1.06 bits per heavy atom. The Hall–Kier alpha value is -4.17. The number of carbonyl (C=O) groups excluding carboxylic acids is 1. The first-order valence-electron chi connectivity index (χ1n) is 11.9. The molecule has 186 valence electrons. The molecule has 36 heavy (non-hydrogen) atoms. The quantitative estimate of drug-likeness (QED) is 0.363. The molecule has 1 atom stereocenters. The van der Waals surface area contributed by atoms with Gasteiger partial charge in [0.15, 0.2) is 0 Å². The zero-order valence-electron chi connectivity index (χ0n) is 20.4. The molecule has 8 heteroatoms. The molecule has 4 rings (SSSR count). The maximum atomic E-state index is 13.8. The van der Waals surface area contributed by atoms with Crippen molar-refractivity contribution < 1.29 is 14.6 Å². The topological polar surface area (TPSA) is 96.7 Å². The molecule has 3 aromatic carbocycles. The van der Waals surface area contributed by atoms with Crippen LogP contribution in [-0.2, 0) is 13.6 Å². The number of urea groups is 1. The van der Waals surface area contributed by atoms with Crippen molar-refractivity contribution in [1.29, 1.82) is 0 Å². The van der Waals surface area contributed by atoms with Crippen LogP contribution in [0.1, 0.15) is 30.6 Å². The molecule has 0 spiro atoms. The SMILES string of the molecule is CCOc1ccccc1NC(=O)N(Cc1nc2ccccc2n(C)c1=O)[C@H](CCO)c1ccccc1. The van der Waals surface area contributed by atoms with Crippen LogP contribution in [0.5, 0.6) is 5.75 Å². The summed E-state index contributed by atoms with van der Waals surface area (Å²) in [5.74, 6) is 0.548. The van der Waals surface area contributed by atoms with E-state index in [9.17, 15) is 14.7 Å². The zero-order valence-corrected chi connectivity index (χ0v) is 20.4. The van der Waals surface area contributed by atoms with E-state index in [1.165, 1.54) is 0 Å². The Kier molecular flexibility index (Phi) is 7.97. The summed E-state index contributed by atoms with van der Waals surface area (Å²) >= 11 is 0. The number of rotatable bonds is 9. The van der Waals surface area contributed by atoms with Gasteiger partial charge in [-0.2, -0.15) is 0 Å². The molecule has 0 aliphatic heterocycles. The summed E-state index contributed by atoms with van der Waals surface area (Å²) in [5, 5.41) is 12.8. The van der Waals surface area contributed by atoms with Gasteiger partial charge < -0.3 is 24.6 Å². The molecule has 0 radical (unpaired) electrons. The molecule has 0 saturated heterocycles. The van der Waals surface area contributed by atoms with Crippen LogP contribution in [0.4, 0.5) is 10.5 Å². The summed E-state index contributed by atoms with van der Waals surface area (Å²) < 4.78 is 7.22. The molecule has 0 aliphatic rings. The first kappa shape index (κ1) is 24.9. The lowest BCUT2D eigenvalue weighted by atomic mass is 10.0. The van der Waals surface area contributed by atoms with Crippen molar-refractivity contribution in [2.45, 2.75) is 25.9 Å². The predicted molar refractivity (Wildman–Crippen MR) is 140 cm³/mol. The van der Waals surface area contributed by atoms with Gasteiger partial charge in [-0.3, -0.25) is 4.79 Å². The number of ether oxygens (including phenoxy) is 1. The summed E-state index contributed by atoms with van der Waals surface area (Å²) in [6.45, 7) is 2.14. The lowest BCUT2D eigenvalue weighted by molar-refractivity contribution is 0.161. The molecule has 0 fully saturated rings. The molecule has 1 aromatic heterocycles. The number of aliphatic hydroxyl groups excluding tert-OH is 1. The number of amides is 2. The number of benzene rings is 3. The fraction of sp³-hybridized carbons (Fsp3) is 0.250. The van der Waals surface area contributed by atoms with Crippen molar-refractivity contribution >= 4 is 22.8 Å². The second-order valence-corrected chi connectivity index (χ2v) is 8.34. The third-order valence-corrected chi connectivity index (χ3v) is 6.02. The largest absolute Gasteiger partial charge is 0.492 e. The third kappa shape index (κ3) is 5.39. The second-order valence-electron chi connectivity index (χ2n) is 8.34. The van der Waals surface area contributed by atoms with Crippen LogP contribution in [-0.4, -0.2) is 38.8 Å². The smallest absolute Gasteiger partial charge is 0.322 e. The van der Waals surface area contributed by atoms with E-state index in [1.54, 1.807) is 28.6 Å². The number of hydrogen-bond acceptors (Lipinski definition) is 5. The maximum absolute atomic E-state index is 13.8. The minimum atomic E-state index is -0.492. The zero-order chi connectivity index (χ0) is 25.5. The Labute approximate surface area is 209 Å². The Bertz CT molecular complexity index is 1390. The predicted octanol–water partition coefficient (Wildman–Crippen LogP) is 4.49. The van der Waals surface area contributed by atoms with Gasteiger partial charge in [-0.25, -0.2) is 9.78 Å². The van der Waals surface area contributed by atoms with E-state index < -0.39 is 12.1 Å². The van der Waals surface area contributed by atoms with Crippen LogP contribution in [0.3, 0.4) is 0 Å². The van der Waals surface area contributed by atoms with Crippen LogP contribution < -0.4 is 15.6 Å². The summed E-state index contributed by atoms with van der Waals surface area (Å²) in [5.41, 5.74) is 2.69. The highest BCUT2D eigenvalue weighted by Gasteiger charge is 2.28. The van der Waals surface area contributed by atoms with Crippen molar-refractivity contribution in [2.75, 3.05) is 18.5 Å². The van der Waals surface area contributed by atoms with Crippen molar-refractivity contribution in [1.82, 2.24) is 14.5 Å². The van der Waals surface area contributed by atoms with E-state index in [0.29, 0.717) is 35.5 Å². The minimum Gasteiger partial charge on any atom is -0.492 e. The van der Waals surface area contributed by atoms with Crippen LogP contribution in [0.25, 0.3) is 11.0 Å². The first-order valence-corrected chi connectivity index (χ1v) is 11.9. The average Bonchev–Trinajstić information content (AvgIpc) is 2.90. The van der Waals surface area contributed by atoms with Gasteiger partial charge in [-0.15, -0.1) is 0 Å². The number of aliphatic hydroxyl groups is 1. The fourth-order valence-electron chi connectivity index (χ4n) is 4.26. The van der Waals surface area contributed by atoms with Gasteiger partial charge in [-0.1, -0.05) is 54.6 Å². The van der Waals surface area contributed by atoms with Crippen LogP contribution in [0.15, 0.2) is 83.7 Å². The summed E-state index contributed by atoms with van der Waals surface area (Å²) in [4.78, 5) is 33.1. The van der Waals surface area contributed by atoms with E-state index >= 15 is 0 Å². The van der Waals surface area contributed by atoms with Crippen LogP contribution in [0.2, 0.25) is 0 Å². The molecule has 0 saturated carbocycles. The van der Waals surface area contributed by atoms with Gasteiger partial charge in [0, 0.05) is 13.7 Å². The number of para-hydroxylation sites is 4. The molecular weight excluding hydrogens is 456 g/mol. The van der Waals surface area contributed by atoms with Crippen molar-refractivity contribution in [3.8, 4) is 5.75 Å². The minimum absolute atomic E-state index is 0.0420. The molecule has 0 bridgehead atoms. The Morgan fingerprint density at radius 2 is 1.75 bits per heavy atom. The van der Waals surface area contributed by atoms with Gasteiger partial charge in [0.25, 0.3) is 5.56 Å². The fourth-order valence-corrected chi connectivity index (χ4v) is 4.26. The van der Waals surface area contributed by atoms with E-state index in [4.69, 9.17) is 4.74 Å². The molecule has 4 aromatic rings. The van der Waals surface area contributed by atoms with Crippen LogP contribution >= 0.6 is 0 Å². The maximum Gasteiger partial charge on any atom is 0.322 e. The number of aryl methyl sites for hydroxylation is 1. The van der Waals surface area contributed by atoms with Crippen LogP contribution in [0, 0.1) is 0 Å². The second kappa shape index (κ2) is 11.5. The molecule has 2 amide bonds. The van der Waals surface area contributed by atoms with Crippen molar-refractivity contribution in [3.05, 3.63) is 100 Å². The molecule has 0 aliphatic carbocycles. The monoisotopic (exact) mass is 486 g/mol. The number of nitrogens with one attached hydrogen (secondary N) is 1. The van der Waals surface area contributed by atoms with E-state index in [-0.39, 0.29) is 24.4 Å². The molecule has 0 unspecified atom stereocenters. The Morgan fingerprint density at radius 3 is 2.50 bits per heavy atom. The average molecular weight is 487 g/mol. The highest BCUT2D eigenvalue weighted by atomic mass is 16.5. The summed E-state index contributed by atoms with van der Waals surface area (Å²) in [7, 11) is 1.70. The number of anilines is 1. The van der Waals surface area contributed by atoms with E-state index in [1.807, 2.05) is 73.7 Å². The summed E-state index contributed by atoms with van der Waals surface area (Å²) in [6.07, 6.45) is 0.290. The number of aromatic nitrogens is 2. The molecule has 8 nitrogen and oxygen atoms in total. The summed E-state index contributed by atoms with van der Waals surface area (Å²) in [6, 6.07) is 23.1. The molecule has 1 heterocycles. The highest BCUT2D eigenvalue weighted by molar-refractivity contribution is 5.91. The highest BCUT2D eigenvalue weighted by Crippen LogP contribution is 2.29. The lowest BCUT2D eigenvalue weighted by Crippen LogP contribution is -2.40. The third-order valence-electron chi connectivity index (χ3n) is 6.02. The number of carbonyl (C=O) groups is 1. The van der Waals surface area contributed by atoms with E-state index in [2.05, 4.69) is 10.3 Å². The van der Waals surface area contributed by atoms with Gasteiger partial charge >= 0.3 is 6.03 Å². The lowest BCUT2D eigenvalue weighted by Gasteiger charge is -2.32. The normalized spacial score (nSPS) is 11.8. The van der Waals surface area contributed by atoms with Gasteiger partial charge in [0.05, 0.1) is 35.9 Å². The number of hydrogen-bond donors (Lipinski definition) is 2. The first-order chi connectivity index (χ1) is 17.5. The van der Waals surface area contributed by atoms with Gasteiger partial charge in [0.2, 0.25) is 0 Å². The molecule has 2 N–H and O–H groups in total. The molecular formula is C28H30N4O4. The standard InChI is InChI=1S/C28H30N4O4/c1-3-36-26-16-10-8-14-22(26)30-28(35)32(24(17-18-33)20-11-5-4-6-12-20)19-23-27(34)31(2)25-15-9-7-13-21(25)29-23/h4-16,24,33H,3,17-19H2,1-2H3,(H,30,35)/t24-/m1/s1. The van der Waals surface area contributed by atoms with E-state index in [0.717, 1.165) is 5.56 Å². The van der Waals surface area contributed by atoms with Crippen molar-refractivity contribution in [3.63, 3.8) is 0 Å². The number of fused-ring (bicyclic) bond motifs is 1. The Balaban J connectivity index is 1.77. The van der Waals surface area contributed by atoms with Crippen molar-refractivity contribution in [2.24, 2.45) is 7.05 Å².